The minimum Gasteiger partial charge on any atom is -0.456 e. The van der Waals surface area contributed by atoms with Gasteiger partial charge in [0.25, 0.3) is 0 Å². The first-order chi connectivity index (χ1) is 29.9. The van der Waals surface area contributed by atoms with Crippen molar-refractivity contribution in [2.45, 2.75) is 0 Å². The molecule has 1 aromatic heterocycles. The molecule has 4 nitrogen and oxygen atoms in total. The highest BCUT2D eigenvalue weighted by Gasteiger charge is 2.21. The van der Waals surface area contributed by atoms with E-state index in [1.165, 1.54) is 0 Å². The monoisotopic (exact) mass is 548 g/mol. The molecule has 0 fully saturated rings. The van der Waals surface area contributed by atoms with Gasteiger partial charge in [-0.2, -0.15) is 0 Å². The number of hydrogen-bond acceptors (Lipinski definition) is 4. The van der Waals surface area contributed by atoms with Crippen molar-refractivity contribution in [3.63, 3.8) is 0 Å². The Morgan fingerprint density at radius 1 is 0.415 bits per heavy atom. The van der Waals surface area contributed by atoms with E-state index in [1.54, 1.807) is 0 Å². The Balaban J connectivity index is 1.54. The molecule has 4 heteroatoms. The molecule has 0 saturated carbocycles. The molecule has 0 aliphatic carbocycles. The Morgan fingerprint density at radius 3 is 1.76 bits per heavy atom. The molecule has 7 aromatic rings. The molecule has 1 aliphatic heterocycles. The van der Waals surface area contributed by atoms with E-state index in [1.807, 2.05) is 0 Å². The van der Waals surface area contributed by atoms with Gasteiger partial charge in [0.2, 0.25) is 0 Å². The normalized spacial score (nSPS) is 19.5. The van der Waals surface area contributed by atoms with Crippen LogP contribution in [0.3, 0.4) is 0 Å². The largest absolute Gasteiger partial charge is 0.456 e. The number of hydrogen-bond donors (Lipinski definition) is 0. The molecule has 0 radical (unpaired) electrons. The van der Waals surface area contributed by atoms with Gasteiger partial charge in [0.15, 0.2) is 17.5 Å². The first-order valence-corrected chi connectivity index (χ1v) is 11.7. The van der Waals surface area contributed by atoms with E-state index >= 15 is 0 Å². The lowest BCUT2D eigenvalue weighted by Gasteiger charge is -2.21. The van der Waals surface area contributed by atoms with Crippen LogP contribution in [0.4, 0.5) is 0 Å². The van der Waals surface area contributed by atoms with Crippen molar-refractivity contribution in [1.29, 1.82) is 0 Å². The van der Waals surface area contributed by atoms with Crippen molar-refractivity contribution < 1.29 is 36.3 Å². The zero-order chi connectivity index (χ0) is 47.2. The Labute approximate surface area is 269 Å². The Kier molecular flexibility index (Phi) is 2.28. The summed E-state index contributed by atoms with van der Waals surface area (Å²) in [5, 5.41) is -0.690. The third-order valence-corrected chi connectivity index (χ3v) is 5.88. The average molecular weight is 549 g/mol. The highest BCUT2D eigenvalue weighted by atomic mass is 16.5. The lowest BCUT2D eigenvalue weighted by Crippen LogP contribution is -2.01. The van der Waals surface area contributed by atoms with Crippen LogP contribution in [0.15, 0.2) is 139 Å². The molecule has 6 aromatic carbocycles. The number of nitrogens with zero attached hydrogens (tertiary/aromatic N) is 3. The first kappa shape index (κ1) is 9.79. The highest BCUT2D eigenvalue weighted by molar-refractivity contribution is 6.04. The van der Waals surface area contributed by atoms with Crippen LogP contribution in [0.25, 0.3) is 67.2 Å². The molecule has 2 heterocycles. The van der Waals surface area contributed by atoms with Gasteiger partial charge in [-0.05, 0) is 52.3 Å². The summed E-state index contributed by atoms with van der Waals surface area (Å²) in [4.78, 5) is 12.8. The van der Waals surface area contributed by atoms with Crippen molar-refractivity contribution in [2.75, 3.05) is 0 Å². The van der Waals surface area contributed by atoms with Crippen molar-refractivity contribution in [1.82, 2.24) is 15.0 Å². The molecular formula is C37H23N3O. The predicted molar refractivity (Wildman–Crippen MR) is 165 cm³/mol. The second-order valence-electron chi connectivity index (χ2n) is 8.32. The molecule has 0 N–H and O–H groups in total. The molecular weight excluding hydrogens is 502 g/mol. The van der Waals surface area contributed by atoms with Crippen molar-refractivity contribution in [3.05, 3.63) is 139 Å². The van der Waals surface area contributed by atoms with E-state index in [9.17, 15) is 2.74 Å². The minimum absolute atomic E-state index is 0.298. The van der Waals surface area contributed by atoms with Gasteiger partial charge in [0.05, 0.1) is 31.5 Å². The van der Waals surface area contributed by atoms with E-state index in [0.717, 1.165) is 0 Å². The van der Waals surface area contributed by atoms with Crippen LogP contribution in [0.5, 0.6) is 11.5 Å². The summed E-state index contributed by atoms with van der Waals surface area (Å²) in [6, 6.07) is -19.3. The van der Waals surface area contributed by atoms with Crippen LogP contribution in [-0.4, -0.2) is 15.0 Å². The lowest BCUT2D eigenvalue weighted by molar-refractivity contribution is 0.487. The van der Waals surface area contributed by atoms with Crippen molar-refractivity contribution >= 4 is 10.8 Å². The molecule has 0 bridgehead atoms. The molecule has 8 rings (SSSR count). The van der Waals surface area contributed by atoms with Gasteiger partial charge in [0.1, 0.15) is 11.5 Å². The van der Waals surface area contributed by atoms with Crippen LogP contribution in [0.1, 0.15) is 31.5 Å². The Bertz CT molecular complexity index is 3290. The number of benzene rings is 6. The fourth-order valence-corrected chi connectivity index (χ4v) is 4.09. The second-order valence-corrected chi connectivity index (χ2v) is 8.32. The topological polar surface area (TPSA) is 47.9 Å². The van der Waals surface area contributed by atoms with Gasteiger partial charge in [-0.15, -0.1) is 0 Å². The van der Waals surface area contributed by atoms with E-state index < -0.39 is 212 Å². The van der Waals surface area contributed by atoms with Crippen molar-refractivity contribution in [2.24, 2.45) is 0 Å². The number of fused-ring (bicyclic) bond motifs is 2. The molecule has 41 heavy (non-hydrogen) atoms. The van der Waals surface area contributed by atoms with E-state index in [-0.39, 0.29) is 5.39 Å². The van der Waals surface area contributed by atoms with Crippen molar-refractivity contribution in [3.8, 4) is 67.9 Å². The van der Waals surface area contributed by atoms with Gasteiger partial charge < -0.3 is 4.74 Å². The summed E-state index contributed by atoms with van der Waals surface area (Å²) < 4.78 is 204. The smallest absolute Gasteiger partial charge is 0.164 e. The van der Waals surface area contributed by atoms with Crippen LogP contribution < -0.4 is 4.74 Å². The predicted octanol–water partition coefficient (Wildman–Crippen LogP) is 9.47. The SMILES string of the molecule is [2H]c1c([2H])c([2H])c(-c2nc(-c3c([2H])c([2H])c([2H])c(-c4c([2H])c([2H])c([2H])c([2H])c4[2H])c3[2H])nc(-c3c([2H])c([2H])c4c(c3[2H])-c3c([2H])c([2H])c([2H])c5c([2H])c([2H])c([2H])c(c35)O4)n2)c([2H])c1[2H]. The summed E-state index contributed by atoms with van der Waals surface area (Å²) in [6.07, 6.45) is 0. The summed E-state index contributed by atoms with van der Waals surface area (Å²) >= 11 is 0. The maximum absolute atomic E-state index is 9.52. The number of ether oxygens (including phenoxy) is 1. The van der Waals surface area contributed by atoms with Gasteiger partial charge in [0, 0.05) is 27.6 Å². The fraction of sp³-hybridized carbons (Fsp3) is 0. The third-order valence-electron chi connectivity index (χ3n) is 5.88. The Morgan fingerprint density at radius 2 is 1.00 bits per heavy atom. The number of aromatic nitrogens is 3. The maximum Gasteiger partial charge on any atom is 0.164 e. The van der Waals surface area contributed by atoms with Gasteiger partial charge in [-0.25, -0.2) is 15.0 Å². The zero-order valence-electron chi connectivity index (χ0n) is 43.2. The molecule has 0 saturated heterocycles. The zero-order valence-corrected chi connectivity index (χ0v) is 20.2. The van der Waals surface area contributed by atoms with Crippen LogP contribution in [-0.2, 0) is 0 Å². The molecule has 1 aliphatic rings. The van der Waals surface area contributed by atoms with Crippen LogP contribution >= 0.6 is 0 Å². The molecule has 0 unspecified atom stereocenters. The first-order valence-electron chi connectivity index (χ1n) is 23.2. The second kappa shape index (κ2) is 9.54. The van der Waals surface area contributed by atoms with Gasteiger partial charge in [-0.3, -0.25) is 0 Å². The summed E-state index contributed by atoms with van der Waals surface area (Å²) in [6.45, 7) is 0. The summed E-state index contributed by atoms with van der Waals surface area (Å²) in [7, 11) is 0. The van der Waals surface area contributed by atoms with Gasteiger partial charge in [-0.1, -0.05) is 109 Å². The van der Waals surface area contributed by atoms with Crippen LogP contribution in [0.2, 0.25) is 0 Å². The lowest BCUT2D eigenvalue weighted by atomic mass is 9.93. The summed E-state index contributed by atoms with van der Waals surface area (Å²) in [5.74, 6) is -3.56. The van der Waals surface area contributed by atoms with E-state index in [0.29, 0.717) is 0 Å². The standard InChI is InChI=1S/C37H23N3O/c1-3-10-24(11-4-1)27-16-7-17-28(22-27)36-38-35(26-12-5-2-6-13-26)39-37(40-36)29-20-21-32-31(23-29)30-18-8-14-25-15-9-19-33(41-32)34(25)30/h1-23H/i1D,2D,3D,4D,5D,6D,7D,8D,9D,10D,11D,12D,13D,14D,15D,16D,17D,18D,19D,20D,21D,22D,23D. The molecule has 0 amide bonds. The van der Waals surface area contributed by atoms with E-state index in [2.05, 4.69) is 15.0 Å². The summed E-state index contributed by atoms with van der Waals surface area (Å²) in [5.41, 5.74) is -4.55. The average Bonchev–Trinajstić information content (AvgIpc) is 3.26. The number of rotatable bonds is 4. The minimum atomic E-state index is -0.964. The van der Waals surface area contributed by atoms with Crippen LogP contribution in [0, 0.1) is 0 Å². The van der Waals surface area contributed by atoms with E-state index in [4.69, 9.17) is 33.5 Å². The maximum atomic E-state index is 9.52. The molecule has 0 atom stereocenters. The highest BCUT2D eigenvalue weighted by Crippen LogP contribution is 2.47. The molecule has 192 valence electrons. The third kappa shape index (κ3) is 4.14. The molecule has 0 spiro atoms. The van der Waals surface area contributed by atoms with Gasteiger partial charge >= 0.3 is 0 Å². The fourth-order valence-electron chi connectivity index (χ4n) is 4.09. The Hall–Kier alpha value is -5.61. The quantitative estimate of drug-likeness (QED) is 0.220.